The van der Waals surface area contributed by atoms with Crippen molar-refractivity contribution in [3.63, 3.8) is 0 Å². The molecule has 0 aromatic carbocycles. The number of nitrogens with zero attached hydrogens (tertiary/aromatic N) is 3. The van der Waals surface area contributed by atoms with Crippen LogP contribution in [0.3, 0.4) is 0 Å². The zero-order chi connectivity index (χ0) is 14.7. The van der Waals surface area contributed by atoms with E-state index in [1.54, 1.807) is 32.2 Å². The first-order chi connectivity index (χ1) is 9.67. The summed E-state index contributed by atoms with van der Waals surface area (Å²) < 4.78 is 24.1. The lowest BCUT2D eigenvalue weighted by Crippen LogP contribution is -2.36. The third-order valence-corrected chi connectivity index (χ3v) is 3.87. The van der Waals surface area contributed by atoms with Gasteiger partial charge in [-0.15, -0.1) is 0 Å². The maximum absolute atomic E-state index is 9.21. The zero-order valence-corrected chi connectivity index (χ0v) is 13.0. The van der Waals surface area contributed by atoms with Crippen LogP contribution in [-0.4, -0.2) is 55.8 Å². The van der Waals surface area contributed by atoms with Gasteiger partial charge in [-0.3, -0.25) is 4.57 Å². The summed E-state index contributed by atoms with van der Waals surface area (Å²) in [5.74, 6) is 0. The molecule has 0 saturated carbocycles. The Hall–Kier alpha value is -0.980. The van der Waals surface area contributed by atoms with Crippen LogP contribution >= 0.6 is 15.9 Å². The molecule has 1 aliphatic rings. The molecule has 0 N–H and O–H groups in total. The van der Waals surface area contributed by atoms with Crippen molar-refractivity contribution in [1.82, 2.24) is 9.55 Å². The topological polar surface area (TPSA) is 78.5 Å². The van der Waals surface area contributed by atoms with Crippen molar-refractivity contribution in [2.75, 3.05) is 27.9 Å². The standard InChI is InChI=1S/C12H16BrN3O4/c1-17-5-8-9(18-2)10(19-3)12(20-8)16-6-15-11(13)7(16)4-14/h6,8-10,12H,5H2,1-3H3/t8-,9-,10-,12-/m1/s1. The molecular formula is C12H16BrN3O4. The molecule has 0 unspecified atom stereocenters. The van der Waals surface area contributed by atoms with Crippen LogP contribution in [0.5, 0.6) is 0 Å². The molecule has 0 bridgehead atoms. The molecule has 8 heteroatoms. The van der Waals surface area contributed by atoms with Crippen LogP contribution < -0.4 is 0 Å². The molecule has 1 aromatic heterocycles. The van der Waals surface area contributed by atoms with E-state index in [-0.39, 0.29) is 18.3 Å². The molecule has 4 atom stereocenters. The third-order valence-electron chi connectivity index (χ3n) is 3.29. The van der Waals surface area contributed by atoms with Gasteiger partial charge < -0.3 is 18.9 Å². The van der Waals surface area contributed by atoms with Crippen LogP contribution in [0.2, 0.25) is 0 Å². The van der Waals surface area contributed by atoms with Crippen LogP contribution in [0.1, 0.15) is 11.9 Å². The van der Waals surface area contributed by atoms with E-state index in [9.17, 15) is 5.26 Å². The minimum Gasteiger partial charge on any atom is -0.382 e. The van der Waals surface area contributed by atoms with Crippen LogP contribution in [0.15, 0.2) is 10.9 Å². The highest BCUT2D eigenvalue weighted by Gasteiger charge is 2.47. The molecule has 1 aliphatic heterocycles. The molecule has 0 aliphatic carbocycles. The van der Waals surface area contributed by atoms with Crippen molar-refractivity contribution in [2.24, 2.45) is 0 Å². The number of hydrogen-bond acceptors (Lipinski definition) is 6. The van der Waals surface area contributed by atoms with Crippen LogP contribution in [0.25, 0.3) is 0 Å². The molecule has 0 amide bonds. The van der Waals surface area contributed by atoms with Crippen LogP contribution in [0.4, 0.5) is 0 Å². The van der Waals surface area contributed by atoms with Gasteiger partial charge >= 0.3 is 0 Å². The molecule has 1 fully saturated rings. The summed E-state index contributed by atoms with van der Waals surface area (Å²) >= 11 is 3.24. The largest absolute Gasteiger partial charge is 0.382 e. The predicted molar refractivity (Wildman–Crippen MR) is 72.0 cm³/mol. The Morgan fingerprint density at radius 2 is 2.10 bits per heavy atom. The first-order valence-electron chi connectivity index (χ1n) is 6.00. The average Bonchev–Trinajstić information content (AvgIpc) is 2.98. The Morgan fingerprint density at radius 1 is 1.40 bits per heavy atom. The molecule has 0 radical (unpaired) electrons. The van der Waals surface area contributed by atoms with Gasteiger partial charge in [0.05, 0.1) is 12.9 Å². The summed E-state index contributed by atoms with van der Waals surface area (Å²) in [7, 11) is 4.78. The van der Waals surface area contributed by atoms with Crippen molar-refractivity contribution in [3.8, 4) is 6.07 Å². The molecule has 1 aromatic rings. The minimum atomic E-state index is -0.487. The Balaban J connectivity index is 2.33. The van der Waals surface area contributed by atoms with E-state index in [4.69, 9.17) is 18.9 Å². The van der Waals surface area contributed by atoms with E-state index in [1.165, 1.54) is 0 Å². The highest BCUT2D eigenvalue weighted by Crippen LogP contribution is 2.35. The minimum absolute atomic E-state index is 0.271. The number of methoxy groups -OCH3 is 3. The van der Waals surface area contributed by atoms with E-state index < -0.39 is 6.23 Å². The number of rotatable bonds is 5. The molecule has 2 rings (SSSR count). The van der Waals surface area contributed by atoms with Gasteiger partial charge in [0.1, 0.15) is 29.0 Å². The number of hydrogen-bond donors (Lipinski definition) is 0. The zero-order valence-electron chi connectivity index (χ0n) is 11.4. The van der Waals surface area contributed by atoms with Crippen molar-refractivity contribution in [3.05, 3.63) is 16.6 Å². The van der Waals surface area contributed by atoms with Gasteiger partial charge in [-0.1, -0.05) is 0 Å². The second-order valence-electron chi connectivity index (χ2n) is 4.32. The Kier molecular flexibility index (Phi) is 5.12. The van der Waals surface area contributed by atoms with Crippen LogP contribution in [-0.2, 0) is 18.9 Å². The second-order valence-corrected chi connectivity index (χ2v) is 5.08. The quantitative estimate of drug-likeness (QED) is 0.794. The van der Waals surface area contributed by atoms with Gasteiger partial charge in [-0.25, -0.2) is 4.98 Å². The molecule has 1 saturated heterocycles. The Labute approximate surface area is 125 Å². The van der Waals surface area contributed by atoms with E-state index >= 15 is 0 Å². The van der Waals surface area contributed by atoms with Gasteiger partial charge in [0, 0.05) is 21.3 Å². The second kappa shape index (κ2) is 6.65. The predicted octanol–water partition coefficient (Wildman–Crippen LogP) is 1.09. The molecule has 110 valence electrons. The lowest BCUT2D eigenvalue weighted by atomic mass is 10.1. The Morgan fingerprint density at radius 3 is 2.65 bits per heavy atom. The monoisotopic (exact) mass is 345 g/mol. The maximum Gasteiger partial charge on any atom is 0.165 e. The lowest BCUT2D eigenvalue weighted by molar-refractivity contribution is -0.0655. The molecule has 2 heterocycles. The molecule has 20 heavy (non-hydrogen) atoms. The van der Waals surface area contributed by atoms with Crippen molar-refractivity contribution < 1.29 is 18.9 Å². The molecular weight excluding hydrogens is 330 g/mol. The first-order valence-corrected chi connectivity index (χ1v) is 6.79. The van der Waals surface area contributed by atoms with Crippen molar-refractivity contribution >= 4 is 15.9 Å². The SMILES string of the molecule is COC[C@H]1O[C@@H](n2cnc(Br)c2C#N)[C@H](OC)[C@@H]1OC. The van der Waals surface area contributed by atoms with Crippen LogP contribution in [0, 0.1) is 11.3 Å². The fraction of sp³-hybridized carbons (Fsp3) is 0.667. The number of halogens is 1. The van der Waals surface area contributed by atoms with Crippen molar-refractivity contribution in [2.45, 2.75) is 24.5 Å². The molecule has 0 spiro atoms. The lowest BCUT2D eigenvalue weighted by Gasteiger charge is -2.22. The summed E-state index contributed by atoms with van der Waals surface area (Å²) in [6, 6.07) is 2.09. The van der Waals surface area contributed by atoms with E-state index in [0.717, 1.165) is 0 Å². The highest BCUT2D eigenvalue weighted by atomic mass is 79.9. The summed E-state index contributed by atoms with van der Waals surface area (Å²) in [4.78, 5) is 4.07. The van der Waals surface area contributed by atoms with E-state index in [1.807, 2.05) is 0 Å². The molecule has 7 nitrogen and oxygen atoms in total. The summed E-state index contributed by atoms with van der Waals surface area (Å²) in [6.45, 7) is 0.382. The fourth-order valence-corrected chi connectivity index (χ4v) is 2.79. The van der Waals surface area contributed by atoms with Gasteiger partial charge in [0.15, 0.2) is 11.9 Å². The number of imidazole rings is 1. The van der Waals surface area contributed by atoms with Gasteiger partial charge in [-0.05, 0) is 15.9 Å². The number of aromatic nitrogens is 2. The number of ether oxygens (including phenoxy) is 4. The van der Waals surface area contributed by atoms with E-state index in [0.29, 0.717) is 16.9 Å². The maximum atomic E-state index is 9.21. The van der Waals surface area contributed by atoms with E-state index in [2.05, 4.69) is 27.0 Å². The smallest absolute Gasteiger partial charge is 0.165 e. The van der Waals surface area contributed by atoms with Crippen molar-refractivity contribution in [1.29, 1.82) is 5.26 Å². The Bertz CT molecular complexity index is 501. The summed E-state index contributed by atoms with van der Waals surface area (Å²) in [5, 5.41) is 9.21. The third kappa shape index (κ3) is 2.60. The summed E-state index contributed by atoms with van der Waals surface area (Å²) in [5.41, 5.74) is 0.380. The first kappa shape index (κ1) is 15.4. The van der Waals surface area contributed by atoms with Gasteiger partial charge in [-0.2, -0.15) is 5.26 Å². The highest BCUT2D eigenvalue weighted by molar-refractivity contribution is 9.10. The fourth-order valence-electron chi connectivity index (χ4n) is 2.40. The van der Waals surface area contributed by atoms with Gasteiger partial charge in [0.2, 0.25) is 0 Å². The normalized spacial score (nSPS) is 29.6. The summed E-state index contributed by atoms with van der Waals surface area (Å²) in [6.07, 6.45) is 0.151. The average molecular weight is 346 g/mol. The number of nitriles is 1. The van der Waals surface area contributed by atoms with Gasteiger partial charge in [0.25, 0.3) is 0 Å².